The van der Waals surface area contributed by atoms with Crippen LogP contribution in [0.5, 0.6) is 17.2 Å². The minimum Gasteiger partial charge on any atom is -0.508 e. The van der Waals surface area contributed by atoms with Crippen LogP contribution in [-0.4, -0.2) is 16.6 Å². The zero-order chi connectivity index (χ0) is 22.3. The topological polar surface area (TPSA) is 80.4 Å². The highest BCUT2D eigenvalue weighted by Crippen LogP contribution is 2.42. The summed E-state index contributed by atoms with van der Waals surface area (Å²) in [5.74, 6) is -0.469. The van der Waals surface area contributed by atoms with Crippen LogP contribution in [0.4, 0.5) is 10.2 Å². The van der Waals surface area contributed by atoms with Crippen molar-refractivity contribution in [3.8, 4) is 17.2 Å². The molecule has 2 aromatic heterocycles. The number of nitrogens with zero attached hydrogens (tertiary/aromatic N) is 1. The van der Waals surface area contributed by atoms with Gasteiger partial charge in [0.2, 0.25) is 5.95 Å². The summed E-state index contributed by atoms with van der Waals surface area (Å²) >= 11 is 14.0. The molecule has 0 radical (unpaired) electrons. The standard InChI is InChI=1S/C19H18Cl2FN3O2S.C2H6/c1-10(23)13-9-11(4-5-14(13)26)27-17-15(20)18(22)25-19(16(17)21)24-7-6-12-3-2-8-28-12;1-2/h2-5,8-10,26H,6-7,23H2,1H3,(H,24,25);1-2H3. The van der Waals surface area contributed by atoms with Crippen LogP contribution in [-0.2, 0) is 6.42 Å². The van der Waals surface area contributed by atoms with Crippen molar-refractivity contribution >= 4 is 40.4 Å². The molecule has 1 unspecified atom stereocenters. The number of hydrogen-bond donors (Lipinski definition) is 3. The van der Waals surface area contributed by atoms with Gasteiger partial charge in [-0.05, 0) is 43.0 Å². The predicted molar refractivity (Wildman–Crippen MR) is 123 cm³/mol. The minimum absolute atomic E-state index is 0.0383. The molecule has 3 rings (SSSR count). The maximum atomic E-state index is 14.2. The molecule has 3 aromatic rings. The highest BCUT2D eigenvalue weighted by atomic mass is 35.5. The lowest BCUT2D eigenvalue weighted by atomic mass is 10.1. The normalized spacial score (nSPS) is 11.4. The number of halogens is 3. The molecule has 0 aliphatic heterocycles. The number of aromatic hydroxyl groups is 1. The van der Waals surface area contributed by atoms with Crippen molar-refractivity contribution in [1.29, 1.82) is 0 Å². The molecular weight excluding hydrogens is 448 g/mol. The van der Waals surface area contributed by atoms with Crippen LogP contribution in [0.2, 0.25) is 10.0 Å². The summed E-state index contributed by atoms with van der Waals surface area (Å²) in [6.07, 6.45) is 0.742. The van der Waals surface area contributed by atoms with Crippen molar-refractivity contribution in [3.05, 3.63) is 62.1 Å². The largest absolute Gasteiger partial charge is 0.508 e. The average Bonchev–Trinajstić information content (AvgIpc) is 3.25. The van der Waals surface area contributed by atoms with Crippen molar-refractivity contribution in [2.75, 3.05) is 11.9 Å². The second kappa shape index (κ2) is 11.4. The molecule has 0 amide bonds. The minimum atomic E-state index is -0.897. The number of thiophene rings is 1. The van der Waals surface area contributed by atoms with Gasteiger partial charge < -0.3 is 20.9 Å². The molecular formula is C21H24Cl2FN3O2S. The third kappa shape index (κ3) is 5.98. The number of anilines is 1. The van der Waals surface area contributed by atoms with E-state index in [9.17, 15) is 9.50 Å². The van der Waals surface area contributed by atoms with E-state index in [-0.39, 0.29) is 27.4 Å². The molecule has 5 nitrogen and oxygen atoms in total. The second-order valence-corrected chi connectivity index (χ2v) is 7.86. The van der Waals surface area contributed by atoms with Crippen LogP contribution in [0, 0.1) is 5.95 Å². The van der Waals surface area contributed by atoms with E-state index in [1.54, 1.807) is 24.3 Å². The smallest absolute Gasteiger partial charge is 0.237 e. The highest BCUT2D eigenvalue weighted by molar-refractivity contribution is 7.09. The number of nitrogens with two attached hydrogens (primary N) is 1. The summed E-state index contributed by atoms with van der Waals surface area (Å²) in [5.41, 5.74) is 6.31. The van der Waals surface area contributed by atoms with E-state index in [1.807, 2.05) is 31.4 Å². The van der Waals surface area contributed by atoms with Gasteiger partial charge in [-0.3, -0.25) is 0 Å². The maximum Gasteiger partial charge on any atom is 0.237 e. The molecule has 1 atom stereocenters. The molecule has 2 heterocycles. The number of nitrogens with one attached hydrogen (secondary N) is 1. The fourth-order valence-corrected chi connectivity index (χ4v) is 3.71. The van der Waals surface area contributed by atoms with E-state index < -0.39 is 12.0 Å². The summed E-state index contributed by atoms with van der Waals surface area (Å²) in [5, 5.41) is 14.6. The van der Waals surface area contributed by atoms with Crippen LogP contribution in [0.1, 0.15) is 37.3 Å². The molecule has 4 N–H and O–H groups in total. The Labute approximate surface area is 189 Å². The van der Waals surface area contributed by atoms with Crippen LogP contribution in [0.3, 0.4) is 0 Å². The zero-order valence-corrected chi connectivity index (χ0v) is 19.2. The van der Waals surface area contributed by atoms with Crippen molar-refractivity contribution in [2.24, 2.45) is 5.73 Å². The van der Waals surface area contributed by atoms with Gasteiger partial charge in [0, 0.05) is 23.0 Å². The van der Waals surface area contributed by atoms with Crippen LogP contribution in [0.25, 0.3) is 0 Å². The van der Waals surface area contributed by atoms with Gasteiger partial charge in [0.1, 0.15) is 21.5 Å². The molecule has 1 aromatic carbocycles. The van der Waals surface area contributed by atoms with E-state index in [4.69, 9.17) is 33.7 Å². The number of ether oxygens (including phenoxy) is 1. The SMILES string of the molecule is CC.CC(N)c1cc(Oc2c(Cl)c(F)nc(NCCc3cccs3)c2Cl)ccc1O. The van der Waals surface area contributed by atoms with Gasteiger partial charge in [-0.15, -0.1) is 11.3 Å². The zero-order valence-electron chi connectivity index (χ0n) is 16.9. The second-order valence-electron chi connectivity index (χ2n) is 6.08. The summed E-state index contributed by atoms with van der Waals surface area (Å²) in [7, 11) is 0. The Hall–Kier alpha value is -2.06. The number of pyridine rings is 1. The fourth-order valence-electron chi connectivity index (χ4n) is 2.54. The number of aromatic nitrogens is 1. The Bertz CT molecular complexity index is 969. The molecule has 162 valence electrons. The summed E-state index contributed by atoms with van der Waals surface area (Å²) in [4.78, 5) is 4.96. The molecule has 9 heteroatoms. The Kier molecular flexibility index (Phi) is 9.17. The van der Waals surface area contributed by atoms with Crippen LogP contribution < -0.4 is 15.8 Å². The summed E-state index contributed by atoms with van der Waals surface area (Å²) in [6.45, 7) is 6.24. The molecule has 0 saturated carbocycles. The number of phenols is 1. The Morgan fingerprint density at radius 2 is 2.00 bits per heavy atom. The van der Waals surface area contributed by atoms with Crippen molar-refractivity contribution in [3.63, 3.8) is 0 Å². The van der Waals surface area contributed by atoms with E-state index in [0.29, 0.717) is 17.9 Å². The quantitative estimate of drug-likeness (QED) is 0.330. The highest BCUT2D eigenvalue weighted by Gasteiger charge is 2.20. The Morgan fingerprint density at radius 3 is 2.63 bits per heavy atom. The molecule has 0 aliphatic carbocycles. The van der Waals surface area contributed by atoms with Gasteiger partial charge in [-0.2, -0.15) is 9.37 Å². The molecule has 30 heavy (non-hydrogen) atoms. The summed E-state index contributed by atoms with van der Waals surface area (Å²) < 4.78 is 19.9. The number of hydrogen-bond acceptors (Lipinski definition) is 6. The summed E-state index contributed by atoms with van der Waals surface area (Å²) in [6, 6.07) is 8.06. The van der Waals surface area contributed by atoms with Gasteiger partial charge >= 0.3 is 0 Å². The maximum absolute atomic E-state index is 14.2. The van der Waals surface area contributed by atoms with Crippen molar-refractivity contribution < 1.29 is 14.2 Å². The van der Waals surface area contributed by atoms with E-state index in [0.717, 1.165) is 6.42 Å². The van der Waals surface area contributed by atoms with E-state index in [1.165, 1.54) is 17.0 Å². The first-order chi connectivity index (χ1) is 14.4. The number of rotatable bonds is 7. The van der Waals surface area contributed by atoms with Crippen molar-refractivity contribution in [2.45, 2.75) is 33.2 Å². The van der Waals surface area contributed by atoms with Gasteiger partial charge in [0.05, 0.1) is 0 Å². The van der Waals surface area contributed by atoms with Gasteiger partial charge in [0.25, 0.3) is 0 Å². The van der Waals surface area contributed by atoms with Crippen molar-refractivity contribution in [1.82, 2.24) is 4.98 Å². The van der Waals surface area contributed by atoms with Crippen LogP contribution in [0.15, 0.2) is 35.7 Å². The third-order valence-electron chi connectivity index (χ3n) is 3.95. The van der Waals surface area contributed by atoms with E-state index >= 15 is 0 Å². The van der Waals surface area contributed by atoms with E-state index in [2.05, 4.69) is 10.3 Å². The third-order valence-corrected chi connectivity index (χ3v) is 5.57. The van der Waals surface area contributed by atoms with Crippen LogP contribution >= 0.6 is 34.5 Å². The first-order valence-electron chi connectivity index (χ1n) is 9.44. The monoisotopic (exact) mass is 471 g/mol. The molecule has 0 aliphatic rings. The lowest BCUT2D eigenvalue weighted by molar-refractivity contribution is 0.451. The number of benzene rings is 1. The molecule has 0 saturated heterocycles. The molecule has 0 spiro atoms. The lowest BCUT2D eigenvalue weighted by Gasteiger charge is -2.15. The average molecular weight is 472 g/mol. The van der Waals surface area contributed by atoms with Gasteiger partial charge in [-0.25, -0.2) is 0 Å². The predicted octanol–water partition coefficient (Wildman–Crippen LogP) is 6.79. The lowest BCUT2D eigenvalue weighted by Crippen LogP contribution is -2.08. The fraction of sp³-hybridized carbons (Fsp3) is 0.286. The molecule has 0 bridgehead atoms. The van der Waals surface area contributed by atoms with Gasteiger partial charge in [-0.1, -0.05) is 43.1 Å². The Balaban J connectivity index is 0.00000155. The number of phenolic OH excluding ortho intramolecular Hbond substituents is 1. The first kappa shape index (κ1) is 24.2. The first-order valence-corrected chi connectivity index (χ1v) is 11.1. The molecule has 0 fully saturated rings. The van der Waals surface area contributed by atoms with Gasteiger partial charge in [0.15, 0.2) is 11.6 Å². The Morgan fingerprint density at radius 1 is 1.27 bits per heavy atom.